The van der Waals surface area contributed by atoms with Gasteiger partial charge in [0.2, 0.25) is 0 Å². The second-order valence-electron chi connectivity index (χ2n) is 7.41. The summed E-state index contributed by atoms with van der Waals surface area (Å²) in [5.74, 6) is 3.07. The van der Waals surface area contributed by atoms with Gasteiger partial charge in [-0.25, -0.2) is 0 Å². The maximum absolute atomic E-state index is 5.75. The summed E-state index contributed by atoms with van der Waals surface area (Å²) in [5, 5.41) is 9.04. The Balaban J connectivity index is 1.28. The fourth-order valence-corrected chi connectivity index (χ4v) is 4.25. The van der Waals surface area contributed by atoms with Gasteiger partial charge < -0.3 is 18.9 Å². The molecule has 6 nitrogen and oxygen atoms in total. The molecule has 24 heavy (non-hydrogen) atoms. The third-order valence-electron chi connectivity index (χ3n) is 5.74. The van der Waals surface area contributed by atoms with Crippen molar-refractivity contribution in [2.24, 2.45) is 0 Å². The molecule has 0 aliphatic carbocycles. The molecule has 3 aliphatic rings. The largest absolute Gasteiger partial charge is 0.376 e. The van der Waals surface area contributed by atoms with Gasteiger partial charge in [0.15, 0.2) is 0 Å². The lowest BCUT2D eigenvalue weighted by molar-refractivity contribution is -0.0930. The van der Waals surface area contributed by atoms with E-state index in [2.05, 4.69) is 19.7 Å². The van der Waals surface area contributed by atoms with E-state index in [9.17, 15) is 0 Å². The van der Waals surface area contributed by atoms with Gasteiger partial charge in [-0.05, 0) is 45.2 Å². The molecule has 1 unspecified atom stereocenters. The van der Waals surface area contributed by atoms with Gasteiger partial charge in [0.25, 0.3) is 0 Å². The Morgan fingerprint density at radius 2 is 1.92 bits per heavy atom. The van der Waals surface area contributed by atoms with Crippen molar-refractivity contribution in [1.82, 2.24) is 19.7 Å². The third-order valence-corrected chi connectivity index (χ3v) is 5.74. The molecule has 1 atom stereocenters. The van der Waals surface area contributed by atoms with Gasteiger partial charge in [-0.3, -0.25) is 0 Å². The summed E-state index contributed by atoms with van der Waals surface area (Å²) < 4.78 is 13.7. The molecule has 2 fully saturated rings. The molecular weight excluding hydrogens is 304 g/mol. The highest BCUT2D eigenvalue weighted by Gasteiger charge is 2.27. The third kappa shape index (κ3) is 3.81. The lowest BCUT2D eigenvalue weighted by Gasteiger charge is -2.33. The standard InChI is InChI=1S/C18H30N4O2/c1-2-4-17-19-20-18(22(17)8-3-1)15-5-9-21(10-6-15)11-7-16-14-23-12-13-24-16/h15-16H,1-14H2. The van der Waals surface area contributed by atoms with Gasteiger partial charge >= 0.3 is 0 Å². The summed E-state index contributed by atoms with van der Waals surface area (Å²) in [6.45, 7) is 6.86. The first-order valence-electron chi connectivity index (χ1n) is 9.74. The smallest absolute Gasteiger partial charge is 0.136 e. The Kier molecular flexibility index (Phi) is 5.45. The highest BCUT2D eigenvalue weighted by atomic mass is 16.6. The van der Waals surface area contributed by atoms with E-state index in [0.29, 0.717) is 12.0 Å². The Hall–Kier alpha value is -0.980. The monoisotopic (exact) mass is 334 g/mol. The number of hydrogen-bond acceptors (Lipinski definition) is 5. The SMILES string of the molecule is C1CCc2nnc(C3CCN(CCC4COCCO4)CC3)n2CC1. The van der Waals surface area contributed by atoms with Crippen LogP contribution in [-0.2, 0) is 22.4 Å². The van der Waals surface area contributed by atoms with Crippen LogP contribution >= 0.6 is 0 Å². The molecule has 0 N–H and O–H groups in total. The average Bonchev–Trinajstić information content (AvgIpc) is 2.89. The van der Waals surface area contributed by atoms with Crippen LogP contribution in [0.25, 0.3) is 0 Å². The predicted molar refractivity (Wildman–Crippen MR) is 91.2 cm³/mol. The van der Waals surface area contributed by atoms with E-state index in [0.717, 1.165) is 45.8 Å². The van der Waals surface area contributed by atoms with E-state index in [-0.39, 0.29) is 0 Å². The Bertz CT molecular complexity index is 519. The van der Waals surface area contributed by atoms with Gasteiger partial charge in [-0.1, -0.05) is 6.42 Å². The fourth-order valence-electron chi connectivity index (χ4n) is 4.25. The highest BCUT2D eigenvalue weighted by Crippen LogP contribution is 2.29. The van der Waals surface area contributed by atoms with E-state index in [1.54, 1.807) is 0 Å². The quantitative estimate of drug-likeness (QED) is 0.843. The predicted octanol–water partition coefficient (Wildman–Crippen LogP) is 1.99. The van der Waals surface area contributed by atoms with Crippen molar-refractivity contribution in [3.63, 3.8) is 0 Å². The minimum atomic E-state index is 0.295. The van der Waals surface area contributed by atoms with Gasteiger partial charge in [0.05, 0.1) is 25.9 Å². The highest BCUT2D eigenvalue weighted by molar-refractivity contribution is 5.05. The van der Waals surface area contributed by atoms with Crippen molar-refractivity contribution in [3.8, 4) is 0 Å². The topological polar surface area (TPSA) is 52.4 Å². The van der Waals surface area contributed by atoms with Crippen molar-refractivity contribution >= 4 is 0 Å². The van der Waals surface area contributed by atoms with Crippen LogP contribution in [0.15, 0.2) is 0 Å². The number of nitrogens with zero attached hydrogens (tertiary/aromatic N) is 4. The van der Waals surface area contributed by atoms with E-state index < -0.39 is 0 Å². The number of rotatable bonds is 4. The van der Waals surface area contributed by atoms with Gasteiger partial charge in [0.1, 0.15) is 11.6 Å². The number of ether oxygens (including phenoxy) is 2. The Morgan fingerprint density at radius 3 is 2.75 bits per heavy atom. The van der Waals surface area contributed by atoms with Crippen LogP contribution in [0, 0.1) is 0 Å². The van der Waals surface area contributed by atoms with E-state index in [4.69, 9.17) is 9.47 Å². The maximum atomic E-state index is 5.75. The number of piperidine rings is 1. The molecular formula is C18H30N4O2. The van der Waals surface area contributed by atoms with Crippen LogP contribution in [-0.4, -0.2) is 65.2 Å². The Morgan fingerprint density at radius 1 is 1.00 bits per heavy atom. The average molecular weight is 334 g/mol. The first-order chi connectivity index (χ1) is 11.9. The molecule has 134 valence electrons. The molecule has 4 rings (SSSR count). The van der Waals surface area contributed by atoms with Crippen LogP contribution in [0.1, 0.15) is 56.1 Å². The summed E-state index contributed by atoms with van der Waals surface area (Å²) in [4.78, 5) is 2.58. The molecule has 6 heteroatoms. The van der Waals surface area contributed by atoms with Crippen LogP contribution in [0.2, 0.25) is 0 Å². The number of hydrogen-bond donors (Lipinski definition) is 0. The molecule has 4 heterocycles. The van der Waals surface area contributed by atoms with Crippen molar-refractivity contribution < 1.29 is 9.47 Å². The zero-order valence-electron chi connectivity index (χ0n) is 14.7. The minimum Gasteiger partial charge on any atom is -0.376 e. The van der Waals surface area contributed by atoms with Crippen molar-refractivity contribution in [1.29, 1.82) is 0 Å². The lowest BCUT2D eigenvalue weighted by atomic mass is 9.95. The number of aryl methyl sites for hydroxylation is 1. The van der Waals surface area contributed by atoms with Crippen molar-refractivity contribution in [3.05, 3.63) is 11.6 Å². The van der Waals surface area contributed by atoms with E-state index in [1.165, 1.54) is 56.8 Å². The van der Waals surface area contributed by atoms with E-state index >= 15 is 0 Å². The van der Waals surface area contributed by atoms with Gasteiger partial charge in [-0.15, -0.1) is 10.2 Å². The van der Waals surface area contributed by atoms with Crippen LogP contribution < -0.4 is 0 Å². The molecule has 1 aromatic rings. The zero-order valence-corrected chi connectivity index (χ0v) is 14.7. The van der Waals surface area contributed by atoms with E-state index in [1.807, 2.05) is 0 Å². The van der Waals surface area contributed by atoms with Crippen LogP contribution in [0.4, 0.5) is 0 Å². The summed E-state index contributed by atoms with van der Waals surface area (Å²) in [7, 11) is 0. The summed E-state index contributed by atoms with van der Waals surface area (Å²) >= 11 is 0. The molecule has 2 saturated heterocycles. The first-order valence-corrected chi connectivity index (χ1v) is 9.74. The van der Waals surface area contributed by atoms with Crippen LogP contribution in [0.5, 0.6) is 0 Å². The number of aromatic nitrogens is 3. The second kappa shape index (κ2) is 7.93. The summed E-state index contributed by atoms with van der Waals surface area (Å²) in [5.41, 5.74) is 0. The lowest BCUT2D eigenvalue weighted by Crippen LogP contribution is -2.38. The second-order valence-corrected chi connectivity index (χ2v) is 7.41. The molecule has 3 aliphatic heterocycles. The first kappa shape index (κ1) is 16.5. The molecule has 0 spiro atoms. The van der Waals surface area contributed by atoms with Gasteiger partial charge in [0, 0.05) is 25.4 Å². The number of fused-ring (bicyclic) bond motifs is 1. The van der Waals surface area contributed by atoms with Crippen molar-refractivity contribution in [2.75, 3.05) is 39.5 Å². The fraction of sp³-hybridized carbons (Fsp3) is 0.889. The number of likely N-dealkylation sites (tertiary alicyclic amines) is 1. The van der Waals surface area contributed by atoms with Gasteiger partial charge in [-0.2, -0.15) is 0 Å². The summed E-state index contributed by atoms with van der Waals surface area (Å²) in [6, 6.07) is 0. The Labute approximate surface area is 144 Å². The molecule has 0 radical (unpaired) electrons. The molecule has 0 bridgehead atoms. The normalized spacial score (nSPS) is 26.9. The molecule has 0 aromatic carbocycles. The summed E-state index contributed by atoms with van der Waals surface area (Å²) in [6.07, 6.45) is 8.78. The molecule has 1 aromatic heterocycles. The maximum Gasteiger partial charge on any atom is 0.136 e. The zero-order chi connectivity index (χ0) is 16.2. The molecule has 0 saturated carbocycles. The van der Waals surface area contributed by atoms with Crippen LogP contribution in [0.3, 0.4) is 0 Å². The van der Waals surface area contributed by atoms with Crippen molar-refractivity contribution in [2.45, 2.75) is 63.5 Å². The molecule has 0 amide bonds. The minimum absolute atomic E-state index is 0.295.